The van der Waals surface area contributed by atoms with Crippen molar-refractivity contribution in [3.05, 3.63) is 98.9 Å². The van der Waals surface area contributed by atoms with Gasteiger partial charge < -0.3 is 18.7 Å². The molecule has 0 amide bonds. The molecule has 0 aliphatic carbocycles. The van der Waals surface area contributed by atoms with Crippen molar-refractivity contribution in [2.24, 2.45) is 0 Å². The van der Waals surface area contributed by atoms with Gasteiger partial charge >= 0.3 is 0 Å². The minimum atomic E-state index is -4.16. The smallest absolute Gasteiger partial charge is 0.277 e. The Bertz CT molecular complexity index is 2310. The van der Waals surface area contributed by atoms with E-state index in [1.54, 1.807) is 21.0 Å². The molecule has 13 heteroatoms. The molecule has 274 valence electrons. The highest BCUT2D eigenvalue weighted by Crippen LogP contribution is 2.41. The maximum atomic E-state index is 14.6. The zero-order chi connectivity index (χ0) is 37.2. The molecule has 0 atom stereocenters. The summed E-state index contributed by atoms with van der Waals surface area (Å²) in [4.78, 5) is 5.61. The van der Waals surface area contributed by atoms with E-state index in [2.05, 4.69) is 48.5 Å². The molecule has 0 fully saturated rings. The van der Waals surface area contributed by atoms with Crippen molar-refractivity contribution in [2.45, 2.75) is 65.8 Å². The molecule has 0 radical (unpaired) electrons. The van der Waals surface area contributed by atoms with Gasteiger partial charge in [-0.1, -0.05) is 53.2 Å². The molecule has 0 aliphatic rings. The van der Waals surface area contributed by atoms with Gasteiger partial charge in [0.25, 0.3) is 10.0 Å². The summed E-state index contributed by atoms with van der Waals surface area (Å²) in [5.41, 5.74) is 9.82. The van der Waals surface area contributed by atoms with E-state index in [1.807, 2.05) is 50.6 Å². The van der Waals surface area contributed by atoms with Crippen molar-refractivity contribution in [3.8, 4) is 22.4 Å². The van der Waals surface area contributed by atoms with Crippen LogP contribution >= 0.6 is 11.3 Å². The molecular formula is C39H45N5O6S2. The summed E-state index contributed by atoms with van der Waals surface area (Å²) in [5, 5.41) is 10.3. The first-order valence-electron chi connectivity index (χ1n) is 17.2. The van der Waals surface area contributed by atoms with Crippen LogP contribution in [-0.2, 0) is 37.4 Å². The first kappa shape index (κ1) is 37.4. The lowest BCUT2D eigenvalue weighted by atomic mass is 9.99. The second kappa shape index (κ2) is 15.7. The number of benzene rings is 2. The van der Waals surface area contributed by atoms with Gasteiger partial charge in [0, 0.05) is 52.1 Å². The van der Waals surface area contributed by atoms with Crippen LogP contribution in [-0.4, -0.2) is 62.0 Å². The first-order chi connectivity index (χ1) is 24.9. The van der Waals surface area contributed by atoms with E-state index in [4.69, 9.17) is 28.8 Å². The van der Waals surface area contributed by atoms with Crippen molar-refractivity contribution in [1.29, 1.82) is 0 Å². The fraction of sp³-hybridized carbons (Fsp3) is 0.359. The van der Waals surface area contributed by atoms with Crippen LogP contribution in [0.1, 0.15) is 51.2 Å². The lowest BCUT2D eigenvalue weighted by Crippen LogP contribution is -2.34. The number of hydrogen-bond donors (Lipinski definition) is 0. The minimum absolute atomic E-state index is 0.185. The Kier molecular flexibility index (Phi) is 11.3. The molecule has 0 bridgehead atoms. The monoisotopic (exact) mass is 743 g/mol. The molecule has 0 spiro atoms. The molecule has 0 unspecified atom stereocenters. The van der Waals surface area contributed by atoms with Crippen molar-refractivity contribution >= 4 is 38.1 Å². The second-order valence-electron chi connectivity index (χ2n) is 12.9. The summed E-state index contributed by atoms with van der Waals surface area (Å²) >= 11 is 1.21. The second-order valence-corrected chi connectivity index (χ2v) is 16.2. The summed E-state index contributed by atoms with van der Waals surface area (Å²) in [5.74, 6) is 0.718. The Morgan fingerprint density at radius 3 is 2.38 bits per heavy atom. The van der Waals surface area contributed by atoms with Gasteiger partial charge in [0.15, 0.2) is 5.82 Å². The van der Waals surface area contributed by atoms with Crippen LogP contribution in [0.15, 0.2) is 63.3 Å². The number of ether oxygens (including phenoxy) is 3. The fourth-order valence-corrected chi connectivity index (χ4v) is 9.31. The normalized spacial score (nSPS) is 11.9. The SMILES string of the molecule is CCOCc1cc(Cn2nc(-c3ccc(C)cc3)c3c(C)nc(C)cc32)ccc1-c1cc(C)sc1S(=O)(=O)N(COCCOC)c1noc(C)c1C. The maximum absolute atomic E-state index is 14.6. The number of nitrogens with zero attached hydrogens (tertiary/aromatic N) is 5. The number of pyridine rings is 1. The van der Waals surface area contributed by atoms with Crippen molar-refractivity contribution < 1.29 is 27.2 Å². The van der Waals surface area contributed by atoms with E-state index in [-0.39, 0.29) is 23.4 Å². The molecule has 11 nitrogen and oxygen atoms in total. The standard InChI is InChI=1S/C39H45N5O6S2/c1-9-48-22-32-20-30(21-43-35-18-25(3)40-28(6)36(35)37(41-43)31-13-10-24(2)11-14-31)12-15-33(32)34-19-26(4)51-39(34)52(45,46)44(23-49-17-16-47-8)38-27(5)29(7)50-42-38/h10-15,18-20H,9,16-17,21-23H2,1-8H3. The number of sulfonamides is 1. The third-order valence-corrected chi connectivity index (χ3v) is 12.3. The zero-order valence-electron chi connectivity index (χ0n) is 30.9. The highest BCUT2D eigenvalue weighted by molar-refractivity contribution is 7.95. The van der Waals surface area contributed by atoms with Crippen LogP contribution in [0.2, 0.25) is 0 Å². The van der Waals surface area contributed by atoms with E-state index in [0.29, 0.717) is 43.3 Å². The Morgan fingerprint density at radius 2 is 1.69 bits per heavy atom. The van der Waals surface area contributed by atoms with Crippen LogP contribution in [0.5, 0.6) is 0 Å². The molecule has 0 saturated heterocycles. The van der Waals surface area contributed by atoms with Gasteiger partial charge in [-0.25, -0.2) is 12.7 Å². The first-order valence-corrected chi connectivity index (χ1v) is 19.4. The Labute approximate surface area is 309 Å². The van der Waals surface area contributed by atoms with Crippen LogP contribution in [0.4, 0.5) is 5.82 Å². The number of anilines is 1. The Balaban J connectivity index is 1.42. The summed E-state index contributed by atoms with van der Waals surface area (Å²) in [6.45, 7) is 15.1. The maximum Gasteiger partial charge on any atom is 0.277 e. The number of rotatable bonds is 15. The number of methoxy groups -OCH3 is 1. The average molecular weight is 744 g/mol. The number of aryl methyl sites for hydroxylation is 5. The summed E-state index contributed by atoms with van der Waals surface area (Å²) in [7, 11) is -2.60. The lowest BCUT2D eigenvalue weighted by molar-refractivity contribution is 0.0753. The third-order valence-electron chi connectivity index (χ3n) is 8.98. The van der Waals surface area contributed by atoms with E-state index in [9.17, 15) is 8.42 Å². The highest BCUT2D eigenvalue weighted by Gasteiger charge is 2.34. The van der Waals surface area contributed by atoms with Crippen LogP contribution in [0.3, 0.4) is 0 Å². The quantitative estimate of drug-likeness (QED) is 0.0759. The van der Waals surface area contributed by atoms with Gasteiger partial charge in [0.2, 0.25) is 0 Å². The van der Waals surface area contributed by atoms with E-state index in [1.165, 1.54) is 21.2 Å². The zero-order valence-corrected chi connectivity index (χ0v) is 32.6. The molecule has 52 heavy (non-hydrogen) atoms. The molecule has 0 aliphatic heterocycles. The van der Waals surface area contributed by atoms with Gasteiger partial charge in [0.1, 0.15) is 22.4 Å². The van der Waals surface area contributed by atoms with Gasteiger partial charge in [-0.3, -0.25) is 9.67 Å². The van der Waals surface area contributed by atoms with Crippen molar-refractivity contribution in [2.75, 3.05) is 38.0 Å². The van der Waals surface area contributed by atoms with E-state index in [0.717, 1.165) is 55.1 Å². The van der Waals surface area contributed by atoms with Crippen LogP contribution in [0.25, 0.3) is 33.3 Å². The summed E-state index contributed by atoms with van der Waals surface area (Å²) in [6.07, 6.45) is 0. The fourth-order valence-electron chi connectivity index (χ4n) is 6.22. The van der Waals surface area contributed by atoms with Gasteiger partial charge in [-0.05, 0) is 77.3 Å². The molecule has 0 N–H and O–H groups in total. The predicted molar refractivity (Wildman–Crippen MR) is 204 cm³/mol. The summed E-state index contributed by atoms with van der Waals surface area (Å²) in [6, 6.07) is 18.5. The number of thiophene rings is 1. The van der Waals surface area contributed by atoms with Crippen molar-refractivity contribution in [1.82, 2.24) is 19.9 Å². The Hall–Kier alpha value is -4.40. The number of aromatic nitrogens is 4. The number of hydrogen-bond acceptors (Lipinski definition) is 10. The molecule has 2 aromatic carbocycles. The van der Waals surface area contributed by atoms with Crippen LogP contribution in [0, 0.1) is 41.5 Å². The lowest BCUT2D eigenvalue weighted by Gasteiger charge is -2.23. The van der Waals surface area contributed by atoms with E-state index >= 15 is 0 Å². The van der Waals surface area contributed by atoms with Crippen molar-refractivity contribution in [3.63, 3.8) is 0 Å². The topological polar surface area (TPSA) is 122 Å². The highest BCUT2D eigenvalue weighted by atomic mass is 32.2. The molecule has 6 rings (SSSR count). The van der Waals surface area contributed by atoms with Gasteiger partial charge in [-0.15, -0.1) is 11.3 Å². The Morgan fingerprint density at radius 1 is 0.923 bits per heavy atom. The molecule has 0 saturated carbocycles. The van der Waals surface area contributed by atoms with Crippen LogP contribution < -0.4 is 4.31 Å². The molecule has 4 heterocycles. The predicted octanol–water partition coefficient (Wildman–Crippen LogP) is 8.07. The third kappa shape index (κ3) is 7.55. The summed E-state index contributed by atoms with van der Waals surface area (Å²) < 4.78 is 54.8. The molecular weight excluding hydrogens is 699 g/mol. The minimum Gasteiger partial charge on any atom is -0.382 e. The van der Waals surface area contributed by atoms with Gasteiger partial charge in [-0.2, -0.15) is 5.10 Å². The largest absolute Gasteiger partial charge is 0.382 e. The average Bonchev–Trinajstić information content (AvgIpc) is 3.79. The molecule has 4 aromatic heterocycles. The van der Waals surface area contributed by atoms with E-state index < -0.39 is 10.0 Å². The van der Waals surface area contributed by atoms with Gasteiger partial charge in [0.05, 0.1) is 31.9 Å². The number of fused-ring (bicyclic) bond motifs is 1. The molecule has 6 aromatic rings.